The van der Waals surface area contributed by atoms with Crippen LogP contribution in [-0.4, -0.2) is 34.1 Å². The zero-order chi connectivity index (χ0) is 13.8. The van der Waals surface area contributed by atoms with Crippen molar-refractivity contribution < 1.29 is 4.39 Å². The van der Waals surface area contributed by atoms with E-state index in [9.17, 15) is 4.39 Å². The van der Waals surface area contributed by atoms with Crippen molar-refractivity contribution in [3.05, 3.63) is 28.8 Å². The number of hydrogen-bond donors (Lipinski definition) is 1. The van der Waals surface area contributed by atoms with Crippen LogP contribution < -0.4 is 0 Å². The zero-order valence-corrected chi connectivity index (χ0v) is 12.3. The van der Waals surface area contributed by atoms with E-state index in [-0.39, 0.29) is 5.82 Å². The summed E-state index contributed by atoms with van der Waals surface area (Å²) in [6, 6.07) is 4.73. The van der Waals surface area contributed by atoms with Gasteiger partial charge in [-0.15, -0.1) is 0 Å². The standard InChI is InChI=1S/C14H20FN3S/c1-3-17(4-2)8-5-9-18-13-10-11(15)6-7-12(13)16-14(18)19/h6-7,10H,3-5,8-9H2,1-2H3,(H,16,19). The molecule has 0 aliphatic rings. The molecule has 5 heteroatoms. The van der Waals surface area contributed by atoms with Crippen molar-refractivity contribution in [2.24, 2.45) is 0 Å². The summed E-state index contributed by atoms with van der Waals surface area (Å²) >= 11 is 5.30. The largest absolute Gasteiger partial charge is 0.331 e. The maximum absolute atomic E-state index is 13.3. The van der Waals surface area contributed by atoms with E-state index >= 15 is 0 Å². The van der Waals surface area contributed by atoms with Crippen LogP contribution in [0.15, 0.2) is 18.2 Å². The Hall–Kier alpha value is -1.20. The van der Waals surface area contributed by atoms with Gasteiger partial charge in [-0.25, -0.2) is 4.39 Å². The summed E-state index contributed by atoms with van der Waals surface area (Å²) < 4.78 is 16.0. The molecule has 0 aliphatic carbocycles. The molecule has 2 rings (SSSR count). The normalized spacial score (nSPS) is 11.6. The van der Waals surface area contributed by atoms with Gasteiger partial charge in [-0.05, 0) is 56.5 Å². The number of halogens is 1. The second-order valence-corrected chi connectivity index (χ2v) is 5.01. The van der Waals surface area contributed by atoms with E-state index in [1.807, 2.05) is 4.57 Å². The van der Waals surface area contributed by atoms with E-state index < -0.39 is 0 Å². The number of nitrogens with zero attached hydrogens (tertiary/aromatic N) is 2. The summed E-state index contributed by atoms with van der Waals surface area (Å²) in [5.41, 5.74) is 1.75. The molecule has 1 aromatic carbocycles. The second kappa shape index (κ2) is 6.30. The molecule has 0 bridgehead atoms. The quantitative estimate of drug-likeness (QED) is 0.818. The number of hydrogen-bond acceptors (Lipinski definition) is 2. The zero-order valence-electron chi connectivity index (χ0n) is 11.4. The third-order valence-corrected chi connectivity index (χ3v) is 3.81. The third-order valence-electron chi connectivity index (χ3n) is 3.49. The van der Waals surface area contributed by atoms with Crippen LogP contribution in [0.3, 0.4) is 0 Å². The molecule has 0 radical (unpaired) electrons. The summed E-state index contributed by atoms with van der Waals surface area (Å²) in [5, 5.41) is 0. The van der Waals surface area contributed by atoms with Crippen molar-refractivity contribution in [2.45, 2.75) is 26.8 Å². The number of imidazole rings is 1. The minimum atomic E-state index is -0.223. The molecule has 1 heterocycles. The van der Waals surface area contributed by atoms with Gasteiger partial charge in [-0.2, -0.15) is 0 Å². The van der Waals surface area contributed by atoms with Crippen LogP contribution in [0.1, 0.15) is 20.3 Å². The van der Waals surface area contributed by atoms with Crippen molar-refractivity contribution in [3.8, 4) is 0 Å². The van der Waals surface area contributed by atoms with Gasteiger partial charge in [0.1, 0.15) is 5.82 Å². The summed E-state index contributed by atoms with van der Waals surface area (Å²) in [6.45, 7) is 8.30. The fourth-order valence-electron chi connectivity index (χ4n) is 2.34. The van der Waals surface area contributed by atoms with Crippen LogP contribution in [0.2, 0.25) is 0 Å². The predicted molar refractivity (Wildman–Crippen MR) is 79.5 cm³/mol. The van der Waals surface area contributed by atoms with E-state index in [0.717, 1.165) is 43.6 Å². The molecule has 1 N–H and O–H groups in total. The van der Waals surface area contributed by atoms with Crippen LogP contribution in [0.4, 0.5) is 4.39 Å². The first-order chi connectivity index (χ1) is 9.15. The molecule has 0 unspecified atom stereocenters. The predicted octanol–water partition coefficient (Wildman–Crippen LogP) is 3.57. The van der Waals surface area contributed by atoms with Gasteiger partial charge < -0.3 is 14.5 Å². The Kier molecular flexibility index (Phi) is 4.71. The van der Waals surface area contributed by atoms with Gasteiger partial charge in [-0.1, -0.05) is 13.8 Å². The summed E-state index contributed by atoms with van der Waals surface area (Å²) in [7, 11) is 0. The molecular weight excluding hydrogens is 261 g/mol. The highest BCUT2D eigenvalue weighted by atomic mass is 32.1. The first kappa shape index (κ1) is 14.2. The average Bonchev–Trinajstić information content (AvgIpc) is 2.71. The molecule has 2 aromatic rings. The van der Waals surface area contributed by atoms with Gasteiger partial charge in [-0.3, -0.25) is 0 Å². The van der Waals surface area contributed by atoms with Crippen LogP contribution in [0, 0.1) is 10.6 Å². The van der Waals surface area contributed by atoms with E-state index in [4.69, 9.17) is 12.2 Å². The lowest BCUT2D eigenvalue weighted by Crippen LogP contribution is -2.24. The summed E-state index contributed by atoms with van der Waals surface area (Å²) in [4.78, 5) is 5.49. The maximum atomic E-state index is 13.3. The average molecular weight is 281 g/mol. The Balaban J connectivity index is 2.14. The van der Waals surface area contributed by atoms with Crippen molar-refractivity contribution >= 4 is 23.3 Å². The SMILES string of the molecule is CCN(CC)CCCn1c(=S)[nH]c2ccc(F)cc21. The molecule has 0 saturated carbocycles. The summed E-state index contributed by atoms with van der Waals surface area (Å²) in [6.07, 6.45) is 1.01. The van der Waals surface area contributed by atoms with Gasteiger partial charge in [0.2, 0.25) is 0 Å². The summed E-state index contributed by atoms with van der Waals surface area (Å²) in [5.74, 6) is -0.223. The van der Waals surface area contributed by atoms with E-state index in [0.29, 0.717) is 4.77 Å². The number of aromatic amines is 1. The number of fused-ring (bicyclic) bond motifs is 1. The molecule has 0 amide bonds. The maximum Gasteiger partial charge on any atom is 0.178 e. The molecule has 0 spiro atoms. The fourth-order valence-corrected chi connectivity index (χ4v) is 2.64. The first-order valence-corrected chi connectivity index (χ1v) is 7.17. The van der Waals surface area contributed by atoms with Crippen LogP contribution >= 0.6 is 12.2 Å². The molecule has 1 aromatic heterocycles. The number of aromatic nitrogens is 2. The van der Waals surface area contributed by atoms with Gasteiger partial charge in [0, 0.05) is 6.54 Å². The van der Waals surface area contributed by atoms with Crippen molar-refractivity contribution in [3.63, 3.8) is 0 Å². The number of H-pyrrole nitrogens is 1. The molecule has 19 heavy (non-hydrogen) atoms. The Morgan fingerprint density at radius 1 is 1.32 bits per heavy atom. The lowest BCUT2D eigenvalue weighted by molar-refractivity contribution is 0.293. The lowest BCUT2D eigenvalue weighted by Gasteiger charge is -2.17. The fraction of sp³-hybridized carbons (Fsp3) is 0.500. The highest BCUT2D eigenvalue weighted by molar-refractivity contribution is 7.71. The molecular formula is C14H20FN3S. The monoisotopic (exact) mass is 281 g/mol. The number of aryl methyl sites for hydroxylation is 1. The Labute approximate surface area is 118 Å². The molecule has 0 aliphatic heterocycles. The highest BCUT2D eigenvalue weighted by Crippen LogP contribution is 2.16. The number of nitrogens with one attached hydrogen (secondary N) is 1. The minimum absolute atomic E-state index is 0.223. The molecule has 104 valence electrons. The van der Waals surface area contributed by atoms with Crippen molar-refractivity contribution in [1.29, 1.82) is 0 Å². The van der Waals surface area contributed by atoms with E-state index in [1.165, 1.54) is 6.07 Å². The Morgan fingerprint density at radius 2 is 2.05 bits per heavy atom. The Morgan fingerprint density at radius 3 is 2.74 bits per heavy atom. The van der Waals surface area contributed by atoms with Gasteiger partial charge in [0.05, 0.1) is 11.0 Å². The van der Waals surface area contributed by atoms with Crippen LogP contribution in [-0.2, 0) is 6.54 Å². The smallest absolute Gasteiger partial charge is 0.178 e. The number of rotatable bonds is 6. The molecule has 0 saturated heterocycles. The highest BCUT2D eigenvalue weighted by Gasteiger charge is 2.06. The lowest BCUT2D eigenvalue weighted by atomic mass is 10.3. The third kappa shape index (κ3) is 3.22. The van der Waals surface area contributed by atoms with E-state index in [2.05, 4.69) is 23.7 Å². The second-order valence-electron chi connectivity index (χ2n) is 4.62. The van der Waals surface area contributed by atoms with Crippen molar-refractivity contribution in [1.82, 2.24) is 14.5 Å². The molecule has 0 fully saturated rings. The van der Waals surface area contributed by atoms with Gasteiger partial charge in [0.25, 0.3) is 0 Å². The molecule has 3 nitrogen and oxygen atoms in total. The van der Waals surface area contributed by atoms with Crippen molar-refractivity contribution in [2.75, 3.05) is 19.6 Å². The van der Waals surface area contributed by atoms with E-state index in [1.54, 1.807) is 12.1 Å². The minimum Gasteiger partial charge on any atom is -0.331 e. The van der Waals surface area contributed by atoms with Crippen LogP contribution in [0.25, 0.3) is 11.0 Å². The van der Waals surface area contributed by atoms with Gasteiger partial charge >= 0.3 is 0 Å². The number of benzene rings is 1. The Bertz CT molecular complexity index is 598. The first-order valence-electron chi connectivity index (χ1n) is 6.76. The molecule has 0 atom stereocenters. The van der Waals surface area contributed by atoms with Crippen LogP contribution in [0.5, 0.6) is 0 Å². The van der Waals surface area contributed by atoms with Gasteiger partial charge in [0.15, 0.2) is 4.77 Å². The topological polar surface area (TPSA) is 24.0 Å².